The van der Waals surface area contributed by atoms with Crippen molar-refractivity contribution in [1.29, 1.82) is 0 Å². The van der Waals surface area contributed by atoms with E-state index in [1.54, 1.807) is 22.9 Å². The van der Waals surface area contributed by atoms with Crippen LogP contribution in [0.15, 0.2) is 47.4 Å². The number of hydrogen-bond acceptors (Lipinski definition) is 6. The lowest BCUT2D eigenvalue weighted by Crippen LogP contribution is -2.51. The Hall–Kier alpha value is -2.98. The number of fused-ring (bicyclic) bond motifs is 1. The monoisotopic (exact) mass is 485 g/mol. The highest BCUT2D eigenvalue weighted by Gasteiger charge is 2.37. The Morgan fingerprint density at radius 3 is 2.79 bits per heavy atom. The molecule has 1 aliphatic heterocycles. The molecule has 0 bridgehead atoms. The third-order valence-electron chi connectivity index (χ3n) is 6.01. The van der Waals surface area contributed by atoms with E-state index in [0.29, 0.717) is 43.8 Å². The quantitative estimate of drug-likeness (QED) is 0.499. The van der Waals surface area contributed by atoms with Crippen LogP contribution in [-0.4, -0.2) is 52.8 Å². The van der Waals surface area contributed by atoms with Crippen molar-refractivity contribution < 1.29 is 17.9 Å². The number of benzene rings is 2. The first-order chi connectivity index (χ1) is 16.5. The van der Waals surface area contributed by atoms with Crippen LogP contribution in [-0.2, 0) is 27.9 Å². The second-order valence-corrected chi connectivity index (χ2v) is 10.2. The van der Waals surface area contributed by atoms with Gasteiger partial charge < -0.3 is 10.1 Å². The van der Waals surface area contributed by atoms with Gasteiger partial charge in [0.25, 0.3) is 0 Å². The van der Waals surface area contributed by atoms with Crippen molar-refractivity contribution in [2.45, 2.75) is 63.6 Å². The smallest absolute Gasteiger partial charge is 0.243 e. The molecule has 9 nitrogen and oxygen atoms in total. The maximum Gasteiger partial charge on any atom is 0.243 e. The molecule has 1 saturated heterocycles. The van der Waals surface area contributed by atoms with Gasteiger partial charge in [0.15, 0.2) is 0 Å². The molecule has 2 heterocycles. The Morgan fingerprint density at radius 1 is 1.18 bits per heavy atom. The van der Waals surface area contributed by atoms with Crippen molar-refractivity contribution >= 4 is 27.0 Å². The fraction of sp³-hybridized carbons (Fsp3) is 0.458. The molecule has 1 fully saturated rings. The molecule has 3 aromatic rings. The normalized spacial score (nSPS) is 17.1. The first-order valence-corrected chi connectivity index (χ1v) is 13.2. The molecule has 0 radical (unpaired) electrons. The number of aromatic nitrogens is 3. The molecule has 1 atom stereocenters. The fourth-order valence-electron chi connectivity index (χ4n) is 4.33. The van der Waals surface area contributed by atoms with Gasteiger partial charge >= 0.3 is 0 Å². The Balaban J connectivity index is 1.54. The van der Waals surface area contributed by atoms with Gasteiger partial charge in [-0.2, -0.15) is 4.31 Å². The van der Waals surface area contributed by atoms with Crippen molar-refractivity contribution in [1.82, 2.24) is 24.6 Å². The van der Waals surface area contributed by atoms with Gasteiger partial charge in [-0.3, -0.25) is 4.79 Å². The van der Waals surface area contributed by atoms with E-state index in [2.05, 4.69) is 15.6 Å². The van der Waals surface area contributed by atoms with E-state index in [0.717, 1.165) is 23.9 Å². The molecular formula is C24H31N5O4S. The van der Waals surface area contributed by atoms with E-state index in [4.69, 9.17) is 4.74 Å². The summed E-state index contributed by atoms with van der Waals surface area (Å²) in [5.41, 5.74) is 2.17. The number of nitrogens with one attached hydrogen (secondary N) is 1. The molecule has 0 unspecified atom stereocenters. The van der Waals surface area contributed by atoms with Crippen LogP contribution in [0.25, 0.3) is 11.0 Å². The molecule has 1 aromatic heterocycles. The Labute approximate surface area is 200 Å². The van der Waals surface area contributed by atoms with E-state index in [-0.39, 0.29) is 17.3 Å². The van der Waals surface area contributed by atoms with E-state index in [1.807, 2.05) is 38.1 Å². The minimum atomic E-state index is -3.88. The minimum Gasteiger partial charge on any atom is -0.494 e. The van der Waals surface area contributed by atoms with Crippen molar-refractivity contribution in [3.05, 3.63) is 48.0 Å². The number of carbonyl (C=O) groups excluding carboxylic acids is 1. The molecule has 4 rings (SSSR count). The number of rotatable bonds is 9. The number of aryl methyl sites for hydroxylation is 1. The SMILES string of the molecule is CCCn1nnc2cc(S(=O)(=O)N3CCCC[C@H]3C(=O)NCc3ccccc3OCC)ccc21. The van der Waals surface area contributed by atoms with Crippen LogP contribution in [0.4, 0.5) is 0 Å². The highest BCUT2D eigenvalue weighted by Crippen LogP contribution is 2.27. The predicted octanol–water partition coefficient (Wildman–Crippen LogP) is 3.10. The average molecular weight is 486 g/mol. The van der Waals surface area contributed by atoms with Gasteiger partial charge in [0, 0.05) is 25.2 Å². The molecule has 34 heavy (non-hydrogen) atoms. The number of amides is 1. The number of carbonyl (C=O) groups is 1. The first-order valence-electron chi connectivity index (χ1n) is 11.8. The van der Waals surface area contributed by atoms with E-state index < -0.39 is 16.1 Å². The van der Waals surface area contributed by atoms with Gasteiger partial charge in [-0.25, -0.2) is 13.1 Å². The van der Waals surface area contributed by atoms with E-state index in [9.17, 15) is 13.2 Å². The van der Waals surface area contributed by atoms with Crippen molar-refractivity contribution in [2.75, 3.05) is 13.2 Å². The summed E-state index contributed by atoms with van der Waals surface area (Å²) in [5.74, 6) is 0.410. The van der Waals surface area contributed by atoms with E-state index in [1.165, 1.54) is 4.31 Å². The van der Waals surface area contributed by atoms with Crippen LogP contribution in [0.1, 0.15) is 45.1 Å². The van der Waals surface area contributed by atoms with Crippen LogP contribution in [0.2, 0.25) is 0 Å². The second-order valence-electron chi connectivity index (χ2n) is 8.35. The number of hydrogen-bond donors (Lipinski definition) is 1. The van der Waals surface area contributed by atoms with Gasteiger partial charge in [-0.1, -0.05) is 36.8 Å². The predicted molar refractivity (Wildman–Crippen MR) is 129 cm³/mol. The summed E-state index contributed by atoms with van der Waals surface area (Å²) in [6.45, 7) is 5.76. The largest absolute Gasteiger partial charge is 0.494 e. The highest BCUT2D eigenvalue weighted by atomic mass is 32.2. The summed E-state index contributed by atoms with van der Waals surface area (Å²) >= 11 is 0. The van der Waals surface area contributed by atoms with Crippen LogP contribution in [0.5, 0.6) is 5.75 Å². The third kappa shape index (κ3) is 4.92. The molecule has 1 N–H and O–H groups in total. The van der Waals surface area contributed by atoms with Crippen molar-refractivity contribution in [2.24, 2.45) is 0 Å². The molecule has 1 aliphatic rings. The summed E-state index contributed by atoms with van der Waals surface area (Å²) in [4.78, 5) is 13.3. The zero-order valence-electron chi connectivity index (χ0n) is 19.6. The molecule has 0 spiro atoms. The van der Waals surface area contributed by atoms with Crippen LogP contribution < -0.4 is 10.1 Å². The molecule has 2 aromatic carbocycles. The first kappa shape index (κ1) is 24.2. The Morgan fingerprint density at radius 2 is 2.00 bits per heavy atom. The molecule has 10 heteroatoms. The van der Waals surface area contributed by atoms with E-state index >= 15 is 0 Å². The molecule has 1 amide bonds. The number of ether oxygens (including phenoxy) is 1. The van der Waals surface area contributed by atoms with Crippen LogP contribution in [0, 0.1) is 0 Å². The summed E-state index contributed by atoms with van der Waals surface area (Å²) in [6, 6.07) is 11.6. The fourth-order valence-corrected chi connectivity index (χ4v) is 6.00. The van der Waals surface area contributed by atoms with Gasteiger partial charge in [-0.15, -0.1) is 5.10 Å². The number of sulfonamides is 1. The van der Waals surface area contributed by atoms with Gasteiger partial charge in [0.1, 0.15) is 17.3 Å². The summed E-state index contributed by atoms with van der Waals surface area (Å²) in [7, 11) is -3.88. The van der Waals surface area contributed by atoms with Crippen molar-refractivity contribution in [3.63, 3.8) is 0 Å². The van der Waals surface area contributed by atoms with Crippen molar-refractivity contribution in [3.8, 4) is 5.75 Å². The topological polar surface area (TPSA) is 106 Å². The molecule has 0 saturated carbocycles. The minimum absolute atomic E-state index is 0.130. The zero-order valence-corrected chi connectivity index (χ0v) is 20.4. The Kier molecular flexibility index (Phi) is 7.47. The average Bonchev–Trinajstić information content (AvgIpc) is 3.26. The summed E-state index contributed by atoms with van der Waals surface area (Å²) < 4.78 is 35.9. The number of piperidine rings is 1. The number of nitrogens with zero attached hydrogens (tertiary/aromatic N) is 4. The second kappa shape index (κ2) is 10.5. The maximum absolute atomic E-state index is 13.6. The lowest BCUT2D eigenvalue weighted by Gasteiger charge is -2.33. The highest BCUT2D eigenvalue weighted by molar-refractivity contribution is 7.89. The van der Waals surface area contributed by atoms with Gasteiger partial charge in [0.2, 0.25) is 15.9 Å². The standard InChI is InChI=1S/C24H31N5O4S/c1-3-14-28-21-13-12-19(16-20(21)26-27-28)34(31,32)29-15-8-7-10-22(29)24(30)25-17-18-9-5-6-11-23(18)33-4-2/h5-6,9,11-13,16,22H,3-4,7-8,10,14-15,17H2,1-2H3,(H,25,30)/t22-/m0/s1. The lowest BCUT2D eigenvalue weighted by atomic mass is 10.0. The third-order valence-corrected chi connectivity index (χ3v) is 7.91. The van der Waals surface area contributed by atoms with Crippen LogP contribution in [0.3, 0.4) is 0 Å². The zero-order chi connectivity index (χ0) is 24.1. The summed E-state index contributed by atoms with van der Waals surface area (Å²) in [5, 5.41) is 11.2. The Bertz CT molecular complexity index is 1260. The molecule has 0 aliphatic carbocycles. The van der Waals surface area contributed by atoms with Gasteiger partial charge in [-0.05, 0) is 50.5 Å². The van der Waals surface area contributed by atoms with Crippen LogP contribution >= 0.6 is 0 Å². The summed E-state index contributed by atoms with van der Waals surface area (Å²) in [6.07, 6.45) is 2.89. The lowest BCUT2D eigenvalue weighted by molar-refractivity contribution is -0.125. The number of para-hydroxylation sites is 1. The molecule has 182 valence electrons. The maximum atomic E-state index is 13.6. The van der Waals surface area contributed by atoms with Gasteiger partial charge in [0.05, 0.1) is 17.0 Å². The molecular weight excluding hydrogens is 454 g/mol.